The van der Waals surface area contributed by atoms with Gasteiger partial charge in [-0.2, -0.15) is 0 Å². The van der Waals surface area contributed by atoms with Crippen LogP contribution in [0.3, 0.4) is 0 Å². The summed E-state index contributed by atoms with van der Waals surface area (Å²) in [5.74, 6) is 0.559. The maximum atomic E-state index is 5.81. The lowest BCUT2D eigenvalue weighted by Crippen LogP contribution is -2.15. The van der Waals surface area contributed by atoms with Crippen LogP contribution in [0.15, 0.2) is 18.2 Å². The van der Waals surface area contributed by atoms with E-state index in [0.29, 0.717) is 25.2 Å². The molecule has 1 rings (SSSR count). The van der Waals surface area contributed by atoms with Crippen molar-refractivity contribution in [3.8, 4) is 0 Å². The number of nitrogens with two attached hydrogens (primary N) is 1. The summed E-state index contributed by atoms with van der Waals surface area (Å²) in [5.41, 5.74) is 9.30. The highest BCUT2D eigenvalue weighted by atomic mass is 16.5. The van der Waals surface area contributed by atoms with Crippen molar-refractivity contribution in [2.45, 2.75) is 47.0 Å². The summed E-state index contributed by atoms with van der Waals surface area (Å²) < 4.78 is 5.81. The second kappa shape index (κ2) is 6.02. The van der Waals surface area contributed by atoms with Crippen LogP contribution in [0.4, 0.5) is 0 Å². The SMILES string of the molecule is Cc1cc(CN)ccc1COC(C)C(C)C. The summed E-state index contributed by atoms with van der Waals surface area (Å²) in [7, 11) is 0. The Hall–Kier alpha value is -0.860. The molecule has 0 heterocycles. The molecule has 2 N–H and O–H groups in total. The molecule has 1 unspecified atom stereocenters. The fraction of sp³-hybridized carbons (Fsp3) is 0.571. The van der Waals surface area contributed by atoms with Crippen LogP contribution in [0.2, 0.25) is 0 Å². The molecule has 90 valence electrons. The van der Waals surface area contributed by atoms with Gasteiger partial charge in [-0.15, -0.1) is 0 Å². The van der Waals surface area contributed by atoms with Crippen LogP contribution in [0.25, 0.3) is 0 Å². The highest BCUT2D eigenvalue weighted by Gasteiger charge is 2.08. The Morgan fingerprint density at radius 1 is 1.25 bits per heavy atom. The first-order valence-electron chi connectivity index (χ1n) is 5.94. The van der Waals surface area contributed by atoms with E-state index in [1.165, 1.54) is 16.7 Å². The first kappa shape index (κ1) is 13.2. The second-order valence-corrected chi connectivity index (χ2v) is 4.73. The Kier molecular flexibility index (Phi) is 4.97. The van der Waals surface area contributed by atoms with Gasteiger partial charge in [-0.3, -0.25) is 0 Å². The van der Waals surface area contributed by atoms with E-state index in [-0.39, 0.29) is 0 Å². The van der Waals surface area contributed by atoms with E-state index in [1.54, 1.807) is 0 Å². The molecule has 0 aromatic heterocycles. The van der Waals surface area contributed by atoms with Gasteiger partial charge in [-0.05, 0) is 36.5 Å². The number of hydrogen-bond acceptors (Lipinski definition) is 2. The average Bonchev–Trinajstić information content (AvgIpc) is 2.26. The van der Waals surface area contributed by atoms with Crippen LogP contribution < -0.4 is 5.73 Å². The van der Waals surface area contributed by atoms with Gasteiger partial charge < -0.3 is 10.5 Å². The van der Waals surface area contributed by atoms with Crippen molar-refractivity contribution < 1.29 is 4.74 Å². The third-order valence-electron chi connectivity index (χ3n) is 3.08. The van der Waals surface area contributed by atoms with Crippen LogP contribution in [-0.2, 0) is 17.9 Å². The molecule has 16 heavy (non-hydrogen) atoms. The Morgan fingerprint density at radius 3 is 2.44 bits per heavy atom. The van der Waals surface area contributed by atoms with Crippen molar-refractivity contribution in [2.24, 2.45) is 11.7 Å². The maximum Gasteiger partial charge on any atom is 0.0723 e. The summed E-state index contributed by atoms with van der Waals surface area (Å²) in [6, 6.07) is 6.33. The Labute approximate surface area is 98.8 Å². The molecule has 1 atom stereocenters. The van der Waals surface area contributed by atoms with Crippen LogP contribution in [0.5, 0.6) is 0 Å². The number of ether oxygens (including phenoxy) is 1. The van der Waals surface area contributed by atoms with Gasteiger partial charge in [0.15, 0.2) is 0 Å². The van der Waals surface area contributed by atoms with Gasteiger partial charge in [0.25, 0.3) is 0 Å². The summed E-state index contributed by atoms with van der Waals surface area (Å²) >= 11 is 0. The van der Waals surface area contributed by atoms with Gasteiger partial charge in [0, 0.05) is 6.54 Å². The predicted octanol–water partition coefficient (Wildman–Crippen LogP) is 3.01. The minimum Gasteiger partial charge on any atom is -0.374 e. The van der Waals surface area contributed by atoms with Gasteiger partial charge in [-0.1, -0.05) is 32.0 Å². The zero-order chi connectivity index (χ0) is 12.1. The summed E-state index contributed by atoms with van der Waals surface area (Å²) in [4.78, 5) is 0. The van der Waals surface area contributed by atoms with Gasteiger partial charge in [0.05, 0.1) is 12.7 Å². The van der Waals surface area contributed by atoms with Crippen molar-refractivity contribution in [2.75, 3.05) is 0 Å². The van der Waals surface area contributed by atoms with E-state index in [1.807, 2.05) is 0 Å². The van der Waals surface area contributed by atoms with Crippen LogP contribution in [0, 0.1) is 12.8 Å². The van der Waals surface area contributed by atoms with Crippen LogP contribution in [0.1, 0.15) is 37.5 Å². The molecule has 0 spiro atoms. The van der Waals surface area contributed by atoms with Crippen LogP contribution in [-0.4, -0.2) is 6.10 Å². The number of rotatable bonds is 5. The summed E-state index contributed by atoms with van der Waals surface area (Å²) in [5, 5.41) is 0. The minimum atomic E-state index is 0.300. The molecule has 0 saturated carbocycles. The van der Waals surface area contributed by atoms with E-state index in [0.717, 1.165) is 0 Å². The molecule has 2 heteroatoms. The Bertz CT molecular complexity index is 334. The van der Waals surface area contributed by atoms with Crippen molar-refractivity contribution in [1.82, 2.24) is 0 Å². The smallest absolute Gasteiger partial charge is 0.0723 e. The zero-order valence-corrected chi connectivity index (χ0v) is 10.8. The molecular weight excluding hydrogens is 198 g/mol. The second-order valence-electron chi connectivity index (χ2n) is 4.73. The molecule has 0 saturated heterocycles. The van der Waals surface area contributed by atoms with E-state index in [9.17, 15) is 0 Å². The monoisotopic (exact) mass is 221 g/mol. The molecule has 0 aliphatic heterocycles. The molecule has 0 aliphatic rings. The quantitative estimate of drug-likeness (QED) is 0.829. The molecule has 0 fully saturated rings. The van der Waals surface area contributed by atoms with Gasteiger partial charge in [-0.25, -0.2) is 0 Å². The normalized spacial score (nSPS) is 13.1. The predicted molar refractivity (Wildman–Crippen MR) is 68.2 cm³/mol. The van der Waals surface area contributed by atoms with E-state index >= 15 is 0 Å². The zero-order valence-electron chi connectivity index (χ0n) is 10.8. The van der Waals surface area contributed by atoms with E-state index in [2.05, 4.69) is 45.9 Å². The minimum absolute atomic E-state index is 0.300. The number of hydrogen-bond donors (Lipinski definition) is 1. The fourth-order valence-corrected chi connectivity index (χ4v) is 1.46. The van der Waals surface area contributed by atoms with Crippen molar-refractivity contribution in [3.05, 3.63) is 34.9 Å². The Morgan fingerprint density at radius 2 is 1.94 bits per heavy atom. The molecule has 0 radical (unpaired) electrons. The first-order chi connectivity index (χ1) is 7.54. The average molecular weight is 221 g/mol. The van der Waals surface area contributed by atoms with Gasteiger partial charge in [0.2, 0.25) is 0 Å². The maximum absolute atomic E-state index is 5.81. The molecule has 2 nitrogen and oxygen atoms in total. The standard InChI is InChI=1S/C14H23NO/c1-10(2)12(4)16-9-14-6-5-13(8-15)7-11(14)3/h5-7,10,12H,8-9,15H2,1-4H3. The molecule has 0 aliphatic carbocycles. The van der Waals surface area contributed by atoms with E-state index < -0.39 is 0 Å². The topological polar surface area (TPSA) is 35.2 Å². The van der Waals surface area contributed by atoms with Gasteiger partial charge in [0.1, 0.15) is 0 Å². The van der Waals surface area contributed by atoms with E-state index in [4.69, 9.17) is 10.5 Å². The molecule has 1 aromatic carbocycles. The lowest BCUT2D eigenvalue weighted by atomic mass is 10.1. The fourth-order valence-electron chi connectivity index (χ4n) is 1.46. The van der Waals surface area contributed by atoms with Crippen molar-refractivity contribution in [1.29, 1.82) is 0 Å². The largest absolute Gasteiger partial charge is 0.374 e. The molecule has 0 amide bonds. The first-order valence-corrected chi connectivity index (χ1v) is 5.94. The van der Waals surface area contributed by atoms with Crippen LogP contribution >= 0.6 is 0 Å². The van der Waals surface area contributed by atoms with Crippen molar-refractivity contribution >= 4 is 0 Å². The summed E-state index contributed by atoms with van der Waals surface area (Å²) in [6.07, 6.45) is 0.300. The third-order valence-corrected chi connectivity index (χ3v) is 3.08. The third kappa shape index (κ3) is 3.62. The molecular formula is C14H23NO. The highest BCUT2D eigenvalue weighted by molar-refractivity contribution is 5.30. The highest BCUT2D eigenvalue weighted by Crippen LogP contribution is 2.14. The lowest BCUT2D eigenvalue weighted by molar-refractivity contribution is 0.0233. The number of aryl methyl sites for hydroxylation is 1. The van der Waals surface area contributed by atoms with Gasteiger partial charge >= 0.3 is 0 Å². The lowest BCUT2D eigenvalue weighted by Gasteiger charge is -2.17. The van der Waals surface area contributed by atoms with Crippen molar-refractivity contribution in [3.63, 3.8) is 0 Å². The summed E-state index contributed by atoms with van der Waals surface area (Å²) in [6.45, 7) is 9.87. The Balaban J connectivity index is 2.61. The molecule has 1 aromatic rings. The number of benzene rings is 1. The molecule has 0 bridgehead atoms.